The molecule has 0 spiro atoms. The minimum Gasteiger partial charge on any atom is -0.490 e. The number of esters is 1. The van der Waals surface area contributed by atoms with Gasteiger partial charge in [-0.3, -0.25) is 14.9 Å². The van der Waals surface area contributed by atoms with Crippen LogP contribution < -0.4 is 20.1 Å². The number of methoxy groups -OCH3 is 1. The average molecular weight is 511 g/mol. The van der Waals surface area contributed by atoms with Crippen molar-refractivity contribution in [3.63, 3.8) is 0 Å². The first-order chi connectivity index (χ1) is 17.4. The number of rotatable bonds is 10. The molecule has 36 heavy (non-hydrogen) atoms. The Labute approximate surface area is 212 Å². The second-order valence-corrected chi connectivity index (χ2v) is 8.40. The number of thioether (sulfide) groups is 1. The zero-order valence-electron chi connectivity index (χ0n) is 20.0. The molecule has 3 rings (SSSR count). The number of amidine groups is 1. The number of benzene rings is 2. The molecule has 0 aromatic heterocycles. The van der Waals surface area contributed by atoms with Crippen LogP contribution in [0.1, 0.15) is 31.0 Å². The molecule has 1 aliphatic heterocycles. The van der Waals surface area contributed by atoms with E-state index in [-0.39, 0.29) is 28.6 Å². The smallest absolute Gasteiger partial charge is 0.331 e. The van der Waals surface area contributed by atoms with Gasteiger partial charge in [0.1, 0.15) is 0 Å². The van der Waals surface area contributed by atoms with E-state index in [0.717, 1.165) is 23.4 Å². The molecule has 11 heteroatoms. The average Bonchev–Trinajstić information content (AvgIpc) is 3.22. The monoisotopic (exact) mass is 510 g/mol. The first-order valence-corrected chi connectivity index (χ1v) is 11.8. The molecule has 0 aliphatic carbocycles. The van der Waals surface area contributed by atoms with Crippen molar-refractivity contribution in [2.75, 3.05) is 20.3 Å². The molecule has 2 aromatic rings. The zero-order chi connectivity index (χ0) is 25.9. The second kappa shape index (κ2) is 13.1. The summed E-state index contributed by atoms with van der Waals surface area (Å²) in [6.45, 7) is 3.97. The van der Waals surface area contributed by atoms with Gasteiger partial charge in [0.25, 0.3) is 11.8 Å². The number of carbonyl (C=O) groups excluding carboxylic acids is 3. The Morgan fingerprint density at radius 2 is 1.92 bits per heavy atom. The summed E-state index contributed by atoms with van der Waals surface area (Å²) < 4.78 is 15.9. The molecular weight excluding hydrogens is 484 g/mol. The molecule has 188 valence electrons. The molecule has 2 amide bonds. The lowest BCUT2D eigenvalue weighted by Crippen LogP contribution is -2.31. The molecule has 0 radical (unpaired) electrons. The Bertz CT molecular complexity index is 1200. The zero-order valence-corrected chi connectivity index (χ0v) is 20.8. The summed E-state index contributed by atoms with van der Waals surface area (Å²) >= 11 is 0.976. The Balaban J connectivity index is 1.60. The van der Waals surface area contributed by atoms with Crippen LogP contribution in [0.25, 0.3) is 0 Å². The van der Waals surface area contributed by atoms with E-state index in [2.05, 4.69) is 25.6 Å². The van der Waals surface area contributed by atoms with Crippen molar-refractivity contribution in [1.29, 1.82) is 0 Å². The predicted octanol–water partition coefficient (Wildman–Crippen LogP) is 2.95. The van der Waals surface area contributed by atoms with Crippen LogP contribution >= 0.6 is 11.8 Å². The quantitative estimate of drug-likeness (QED) is 0.218. The lowest BCUT2D eigenvalue weighted by atomic mass is 10.1. The van der Waals surface area contributed by atoms with Crippen molar-refractivity contribution >= 4 is 40.9 Å². The van der Waals surface area contributed by atoms with Crippen molar-refractivity contribution in [2.45, 2.75) is 19.9 Å². The molecule has 2 N–H and O–H groups in total. The van der Waals surface area contributed by atoms with Gasteiger partial charge in [0.05, 0.1) is 30.9 Å². The Hall–Kier alpha value is -4.12. The number of nitrogens with one attached hydrogen (secondary N) is 2. The minimum atomic E-state index is -0.633. The van der Waals surface area contributed by atoms with Gasteiger partial charge in [-0.2, -0.15) is 5.10 Å². The Morgan fingerprint density at radius 1 is 1.14 bits per heavy atom. The van der Waals surface area contributed by atoms with Crippen molar-refractivity contribution in [3.8, 4) is 11.5 Å². The summed E-state index contributed by atoms with van der Waals surface area (Å²) in [6, 6.07) is 14.6. The molecular formula is C25H26N4O6S. The van der Waals surface area contributed by atoms with Crippen LogP contribution in [0, 0.1) is 0 Å². The highest BCUT2D eigenvalue weighted by Crippen LogP contribution is 2.28. The van der Waals surface area contributed by atoms with Crippen molar-refractivity contribution in [2.24, 2.45) is 10.2 Å². The Kier molecular flexibility index (Phi) is 9.64. The van der Waals surface area contributed by atoms with Gasteiger partial charge >= 0.3 is 5.97 Å². The van der Waals surface area contributed by atoms with E-state index < -0.39 is 11.9 Å². The fraction of sp³-hybridized carbons (Fsp3) is 0.240. The van der Waals surface area contributed by atoms with Gasteiger partial charge in [-0.25, -0.2) is 4.79 Å². The number of ether oxygens (including phenoxy) is 3. The maximum atomic E-state index is 12.4. The Morgan fingerprint density at radius 3 is 2.64 bits per heavy atom. The van der Waals surface area contributed by atoms with Gasteiger partial charge in [-0.1, -0.05) is 30.3 Å². The third-order valence-corrected chi connectivity index (χ3v) is 5.66. The topological polar surface area (TPSA) is 128 Å². The van der Waals surface area contributed by atoms with E-state index in [1.165, 1.54) is 13.3 Å². The summed E-state index contributed by atoms with van der Waals surface area (Å²) in [5, 5.41) is 13.6. The second-order valence-electron chi connectivity index (χ2n) is 7.37. The predicted molar refractivity (Wildman–Crippen MR) is 137 cm³/mol. The van der Waals surface area contributed by atoms with Crippen LogP contribution in [-0.4, -0.2) is 49.5 Å². The minimum absolute atomic E-state index is 0.149. The van der Waals surface area contributed by atoms with Gasteiger partial charge < -0.3 is 19.5 Å². The molecule has 1 saturated heterocycles. The number of carbonyl (C=O) groups is 3. The van der Waals surface area contributed by atoms with Crippen molar-refractivity contribution < 1.29 is 28.6 Å². The molecule has 1 unspecified atom stereocenters. The van der Waals surface area contributed by atoms with Crippen LogP contribution in [0.5, 0.6) is 11.5 Å². The van der Waals surface area contributed by atoms with Crippen molar-refractivity contribution in [1.82, 2.24) is 10.6 Å². The van der Waals surface area contributed by atoms with Crippen LogP contribution in [0.3, 0.4) is 0 Å². The summed E-state index contributed by atoms with van der Waals surface area (Å²) in [6.07, 6.45) is 2.56. The van der Waals surface area contributed by atoms with E-state index in [4.69, 9.17) is 9.47 Å². The third-order valence-electron chi connectivity index (χ3n) is 4.76. The highest BCUT2D eigenvalue weighted by atomic mass is 32.2. The van der Waals surface area contributed by atoms with Crippen LogP contribution in [0.15, 0.2) is 69.7 Å². The van der Waals surface area contributed by atoms with Crippen LogP contribution in [0.2, 0.25) is 0 Å². The fourth-order valence-corrected chi connectivity index (χ4v) is 3.77. The van der Waals surface area contributed by atoms with E-state index >= 15 is 0 Å². The number of amides is 2. The van der Waals surface area contributed by atoms with Crippen LogP contribution in [0.4, 0.5) is 0 Å². The summed E-state index contributed by atoms with van der Waals surface area (Å²) in [5.41, 5.74) is 1.66. The van der Waals surface area contributed by atoms with E-state index in [1.54, 1.807) is 18.2 Å². The fourth-order valence-electron chi connectivity index (χ4n) is 3.03. The van der Waals surface area contributed by atoms with Gasteiger partial charge in [0, 0.05) is 6.08 Å². The summed E-state index contributed by atoms with van der Waals surface area (Å²) in [4.78, 5) is 35.7. The van der Waals surface area contributed by atoms with E-state index in [0.29, 0.717) is 23.7 Å². The lowest BCUT2D eigenvalue weighted by Gasteiger charge is -2.16. The van der Waals surface area contributed by atoms with Gasteiger partial charge in [0.2, 0.25) is 0 Å². The molecule has 1 aliphatic rings. The first kappa shape index (κ1) is 26.5. The van der Waals surface area contributed by atoms with Gasteiger partial charge in [-0.05, 0) is 54.9 Å². The highest BCUT2D eigenvalue weighted by molar-refractivity contribution is 8.18. The molecule has 2 aromatic carbocycles. The SMILES string of the molecule is CCOc1cc(C=N/N=C2/NC(=O)/C(=C\C(=O)OC)S2)ccc1OCC(=O)NC(C)c1ccccc1. The lowest BCUT2D eigenvalue weighted by molar-refractivity contribution is -0.135. The molecule has 0 saturated carbocycles. The van der Waals surface area contributed by atoms with Crippen molar-refractivity contribution in [3.05, 3.63) is 70.6 Å². The normalized spacial score (nSPS) is 16.1. The summed E-state index contributed by atoms with van der Waals surface area (Å²) in [7, 11) is 1.23. The van der Waals surface area contributed by atoms with Crippen LogP contribution in [-0.2, 0) is 19.1 Å². The van der Waals surface area contributed by atoms with Gasteiger partial charge in [0.15, 0.2) is 23.3 Å². The molecule has 1 fully saturated rings. The molecule has 0 bridgehead atoms. The standard InChI is InChI=1S/C25H26N4O6S/c1-4-34-20-12-17(14-26-29-25-28-24(32)21(36-25)13-23(31)33-3)10-11-19(20)35-15-22(30)27-16(2)18-8-6-5-7-9-18/h5-14,16H,4,15H2,1-3H3,(H,27,30)(H,28,29,32)/b21-13+,26-14?. The largest absolute Gasteiger partial charge is 0.490 e. The molecule has 1 atom stereocenters. The summed E-state index contributed by atoms with van der Waals surface area (Å²) in [5.74, 6) is -0.482. The number of hydrogen-bond acceptors (Lipinski definition) is 9. The molecule has 1 heterocycles. The molecule has 10 nitrogen and oxygen atoms in total. The van der Waals surface area contributed by atoms with E-state index in [1.807, 2.05) is 44.2 Å². The first-order valence-electron chi connectivity index (χ1n) is 11.0. The highest BCUT2D eigenvalue weighted by Gasteiger charge is 2.25. The van der Waals surface area contributed by atoms with Gasteiger partial charge in [-0.15, -0.1) is 5.10 Å². The maximum Gasteiger partial charge on any atom is 0.331 e. The maximum absolute atomic E-state index is 12.4. The number of nitrogens with zero attached hydrogens (tertiary/aromatic N) is 2. The number of hydrogen-bond donors (Lipinski definition) is 2. The van der Waals surface area contributed by atoms with E-state index in [9.17, 15) is 14.4 Å². The third kappa shape index (κ3) is 7.70.